The first-order valence-electron chi connectivity index (χ1n) is 5.87. The van der Waals surface area contributed by atoms with Crippen LogP contribution in [0.4, 0.5) is 0 Å². The predicted molar refractivity (Wildman–Crippen MR) is 51.4 cm³/mol. The lowest BCUT2D eigenvalue weighted by molar-refractivity contribution is -0.130. The number of carbonyl (C=O) groups excluding carboxylic acids is 1. The highest BCUT2D eigenvalue weighted by atomic mass is 16.1. The molecule has 3 fully saturated rings. The fourth-order valence-corrected chi connectivity index (χ4v) is 4.20. The largest absolute Gasteiger partial charge is 0.299 e. The second kappa shape index (κ2) is 2.59. The van der Waals surface area contributed by atoms with E-state index in [0.717, 1.165) is 5.92 Å². The lowest BCUT2D eigenvalue weighted by Gasteiger charge is -2.28. The van der Waals surface area contributed by atoms with Gasteiger partial charge < -0.3 is 0 Å². The molecule has 3 atom stereocenters. The number of hydrogen-bond acceptors (Lipinski definition) is 1. The summed E-state index contributed by atoms with van der Waals surface area (Å²) in [6.07, 6.45) is 10.2. The van der Waals surface area contributed by atoms with Crippen molar-refractivity contribution < 1.29 is 4.79 Å². The van der Waals surface area contributed by atoms with Crippen molar-refractivity contribution in [1.82, 2.24) is 0 Å². The van der Waals surface area contributed by atoms with Gasteiger partial charge in [-0.25, -0.2) is 0 Å². The lowest BCUT2D eigenvalue weighted by atomic mass is 9.74. The standard InChI is InChI=1S/C12H18O/c13-11-9-3-1-4-10-5-2-7-12(10,11)8-6-9/h9-10H,1-8H2. The van der Waals surface area contributed by atoms with Gasteiger partial charge in [-0.05, 0) is 44.4 Å². The van der Waals surface area contributed by atoms with E-state index in [9.17, 15) is 4.79 Å². The quantitative estimate of drug-likeness (QED) is 0.557. The third kappa shape index (κ3) is 0.908. The van der Waals surface area contributed by atoms with Crippen molar-refractivity contribution in [2.75, 3.05) is 0 Å². The van der Waals surface area contributed by atoms with E-state index in [1.807, 2.05) is 0 Å². The zero-order chi connectivity index (χ0) is 8.89. The molecule has 3 aliphatic rings. The summed E-state index contributed by atoms with van der Waals surface area (Å²) in [5, 5.41) is 0. The highest BCUT2D eigenvalue weighted by Crippen LogP contribution is 2.57. The summed E-state index contributed by atoms with van der Waals surface area (Å²) in [5.41, 5.74) is 0.209. The van der Waals surface area contributed by atoms with Crippen LogP contribution in [-0.4, -0.2) is 5.78 Å². The summed E-state index contributed by atoms with van der Waals surface area (Å²) in [5.74, 6) is 1.93. The average Bonchev–Trinajstić information content (AvgIpc) is 2.59. The van der Waals surface area contributed by atoms with E-state index >= 15 is 0 Å². The van der Waals surface area contributed by atoms with Gasteiger partial charge in [-0.1, -0.05) is 12.8 Å². The predicted octanol–water partition coefficient (Wildman–Crippen LogP) is 2.94. The number of fused-ring (bicyclic) bond motifs is 1. The maximum absolute atomic E-state index is 12.2. The van der Waals surface area contributed by atoms with Crippen LogP contribution >= 0.6 is 0 Å². The van der Waals surface area contributed by atoms with E-state index in [2.05, 4.69) is 0 Å². The van der Waals surface area contributed by atoms with Crippen molar-refractivity contribution in [2.24, 2.45) is 17.3 Å². The van der Waals surface area contributed by atoms with Gasteiger partial charge in [-0.3, -0.25) is 4.79 Å². The van der Waals surface area contributed by atoms with Gasteiger partial charge in [0.2, 0.25) is 0 Å². The van der Waals surface area contributed by atoms with Crippen LogP contribution in [0.3, 0.4) is 0 Å². The second-order valence-electron chi connectivity index (χ2n) is 5.28. The Labute approximate surface area is 79.9 Å². The third-order valence-corrected chi connectivity index (χ3v) is 4.86. The maximum Gasteiger partial charge on any atom is 0.142 e. The van der Waals surface area contributed by atoms with Crippen LogP contribution in [0.15, 0.2) is 0 Å². The van der Waals surface area contributed by atoms with E-state index in [4.69, 9.17) is 0 Å². The molecule has 13 heavy (non-hydrogen) atoms. The molecule has 72 valence electrons. The summed E-state index contributed by atoms with van der Waals surface area (Å²) < 4.78 is 0. The molecule has 0 aromatic carbocycles. The Bertz CT molecular complexity index is 246. The Hall–Kier alpha value is -0.330. The summed E-state index contributed by atoms with van der Waals surface area (Å²) in [7, 11) is 0. The molecule has 0 aromatic heterocycles. The number of hydrogen-bond donors (Lipinski definition) is 0. The van der Waals surface area contributed by atoms with E-state index < -0.39 is 0 Å². The summed E-state index contributed by atoms with van der Waals surface area (Å²) in [4.78, 5) is 12.2. The Morgan fingerprint density at radius 1 is 1.00 bits per heavy atom. The van der Waals surface area contributed by atoms with Crippen LogP contribution in [0, 0.1) is 17.3 Å². The van der Waals surface area contributed by atoms with Crippen molar-refractivity contribution >= 4 is 5.78 Å². The molecule has 0 aliphatic heterocycles. The van der Waals surface area contributed by atoms with E-state index in [1.165, 1.54) is 51.4 Å². The number of carbonyl (C=O) groups is 1. The van der Waals surface area contributed by atoms with Crippen molar-refractivity contribution in [3.05, 3.63) is 0 Å². The molecular weight excluding hydrogens is 160 g/mol. The van der Waals surface area contributed by atoms with Crippen molar-refractivity contribution in [2.45, 2.75) is 51.4 Å². The molecule has 0 heterocycles. The topological polar surface area (TPSA) is 17.1 Å². The SMILES string of the molecule is O=C1C2CCCC3CCCC13CC2. The zero-order valence-electron chi connectivity index (χ0n) is 8.22. The van der Waals surface area contributed by atoms with Gasteiger partial charge >= 0.3 is 0 Å². The van der Waals surface area contributed by atoms with E-state index in [1.54, 1.807) is 0 Å². The fourth-order valence-electron chi connectivity index (χ4n) is 4.20. The molecule has 1 spiro atoms. The van der Waals surface area contributed by atoms with E-state index in [0.29, 0.717) is 11.7 Å². The molecule has 1 nitrogen and oxygen atoms in total. The Balaban J connectivity index is 2.02. The minimum absolute atomic E-state index is 0.209. The minimum Gasteiger partial charge on any atom is -0.299 e. The van der Waals surface area contributed by atoms with Crippen molar-refractivity contribution in [1.29, 1.82) is 0 Å². The first-order chi connectivity index (χ1) is 6.33. The maximum atomic E-state index is 12.2. The van der Waals surface area contributed by atoms with Gasteiger partial charge in [-0.15, -0.1) is 0 Å². The Morgan fingerprint density at radius 2 is 1.85 bits per heavy atom. The summed E-state index contributed by atoms with van der Waals surface area (Å²) in [6, 6.07) is 0. The average molecular weight is 178 g/mol. The molecule has 0 amide bonds. The molecule has 3 rings (SSSR count). The fraction of sp³-hybridized carbons (Fsp3) is 0.917. The number of rotatable bonds is 0. The van der Waals surface area contributed by atoms with Gasteiger partial charge in [0.05, 0.1) is 0 Å². The first kappa shape index (κ1) is 8.02. The highest BCUT2D eigenvalue weighted by molar-refractivity contribution is 5.89. The molecule has 0 aromatic rings. The van der Waals surface area contributed by atoms with Gasteiger partial charge in [0.25, 0.3) is 0 Å². The molecule has 3 aliphatic carbocycles. The Kier molecular flexibility index (Phi) is 1.59. The molecule has 2 bridgehead atoms. The van der Waals surface area contributed by atoms with Crippen molar-refractivity contribution in [3.63, 3.8) is 0 Å². The molecule has 1 heteroatoms. The molecule has 3 saturated carbocycles. The number of Topliss-reactive ketones (excluding diaryl/α,β-unsaturated/α-hetero) is 1. The second-order valence-corrected chi connectivity index (χ2v) is 5.28. The van der Waals surface area contributed by atoms with Gasteiger partial charge in [0.1, 0.15) is 5.78 Å². The normalized spacial score (nSPS) is 49.1. The first-order valence-corrected chi connectivity index (χ1v) is 5.87. The van der Waals surface area contributed by atoms with Gasteiger partial charge in [-0.2, -0.15) is 0 Å². The molecule has 0 radical (unpaired) electrons. The van der Waals surface area contributed by atoms with Crippen LogP contribution in [0.1, 0.15) is 51.4 Å². The summed E-state index contributed by atoms with van der Waals surface area (Å²) >= 11 is 0. The summed E-state index contributed by atoms with van der Waals surface area (Å²) in [6.45, 7) is 0. The molecular formula is C12H18O. The van der Waals surface area contributed by atoms with Crippen LogP contribution in [0.25, 0.3) is 0 Å². The molecule has 0 saturated heterocycles. The smallest absolute Gasteiger partial charge is 0.142 e. The Morgan fingerprint density at radius 3 is 2.77 bits per heavy atom. The van der Waals surface area contributed by atoms with Crippen LogP contribution in [0.2, 0.25) is 0 Å². The number of ketones is 1. The van der Waals surface area contributed by atoms with Crippen molar-refractivity contribution in [3.8, 4) is 0 Å². The lowest BCUT2D eigenvalue weighted by Crippen LogP contribution is -2.30. The highest BCUT2D eigenvalue weighted by Gasteiger charge is 2.55. The minimum atomic E-state index is 0.209. The van der Waals surface area contributed by atoms with Gasteiger partial charge in [0.15, 0.2) is 0 Å². The van der Waals surface area contributed by atoms with Crippen LogP contribution in [0.5, 0.6) is 0 Å². The monoisotopic (exact) mass is 178 g/mol. The van der Waals surface area contributed by atoms with Crippen LogP contribution < -0.4 is 0 Å². The van der Waals surface area contributed by atoms with E-state index in [-0.39, 0.29) is 5.41 Å². The molecule has 3 unspecified atom stereocenters. The molecule has 0 N–H and O–H groups in total. The van der Waals surface area contributed by atoms with Crippen LogP contribution in [-0.2, 0) is 4.79 Å². The zero-order valence-corrected chi connectivity index (χ0v) is 8.22. The third-order valence-electron chi connectivity index (χ3n) is 4.86. The van der Waals surface area contributed by atoms with Gasteiger partial charge in [0, 0.05) is 11.3 Å².